The van der Waals surface area contributed by atoms with Crippen LogP contribution in [0.15, 0.2) is 113 Å². The summed E-state index contributed by atoms with van der Waals surface area (Å²) in [6.45, 7) is 2.14. The van der Waals surface area contributed by atoms with Crippen molar-refractivity contribution in [1.82, 2.24) is 9.88 Å². The maximum Gasteiger partial charge on any atom is 0.293 e. The van der Waals surface area contributed by atoms with Crippen LogP contribution in [0.5, 0.6) is 0 Å². The van der Waals surface area contributed by atoms with Gasteiger partial charge in [-0.1, -0.05) is 48.5 Å². The average molecular weight is 696 g/mol. The Bertz CT molecular complexity index is 2050. The second-order valence-corrected chi connectivity index (χ2v) is 14.7. The van der Waals surface area contributed by atoms with Crippen molar-refractivity contribution in [2.24, 2.45) is 0 Å². The minimum Gasteiger partial charge on any atom is -0.379 e. The van der Waals surface area contributed by atoms with Gasteiger partial charge in [-0.25, -0.2) is 8.42 Å². The number of hydrogen-bond donors (Lipinski definition) is 2. The smallest absolute Gasteiger partial charge is 0.293 e. The van der Waals surface area contributed by atoms with Crippen LogP contribution in [0.4, 0.5) is 17.1 Å². The topological polar surface area (TPSA) is 135 Å². The quantitative estimate of drug-likeness (QED) is 0.0553. The third kappa shape index (κ3) is 8.38. The van der Waals surface area contributed by atoms with Crippen LogP contribution in [0.2, 0.25) is 0 Å². The Balaban J connectivity index is 1.13. The molecule has 0 bridgehead atoms. The first-order valence-corrected chi connectivity index (χ1v) is 18.7. The molecule has 12 heteroatoms. The van der Waals surface area contributed by atoms with Crippen molar-refractivity contribution < 1.29 is 18.1 Å². The molecular weight excluding hydrogens is 659 g/mol. The van der Waals surface area contributed by atoms with E-state index >= 15 is 0 Å². The van der Waals surface area contributed by atoms with Crippen molar-refractivity contribution in [2.75, 3.05) is 35.4 Å². The fraction of sp³-hybridized carbons (Fsp3) is 0.243. The Labute approximate surface area is 290 Å². The number of amides is 1. The van der Waals surface area contributed by atoms with Crippen molar-refractivity contribution in [1.29, 1.82) is 0 Å². The number of pyridine rings is 1. The Kier molecular flexibility index (Phi) is 10.8. The van der Waals surface area contributed by atoms with E-state index in [0.29, 0.717) is 30.8 Å². The number of carbonyl (C=O) groups is 1. The summed E-state index contributed by atoms with van der Waals surface area (Å²) < 4.78 is 29.1. The van der Waals surface area contributed by atoms with Gasteiger partial charge in [0.25, 0.3) is 15.7 Å². The van der Waals surface area contributed by atoms with Crippen LogP contribution < -0.4 is 10.0 Å². The van der Waals surface area contributed by atoms with Crippen LogP contribution >= 0.6 is 11.8 Å². The third-order valence-electron chi connectivity index (χ3n) is 8.53. The van der Waals surface area contributed by atoms with Gasteiger partial charge in [-0.3, -0.25) is 24.6 Å². The number of anilines is 2. The van der Waals surface area contributed by atoms with E-state index in [1.165, 1.54) is 18.6 Å². The monoisotopic (exact) mass is 695 g/mol. The highest BCUT2D eigenvalue weighted by atomic mass is 32.2. The lowest BCUT2D eigenvalue weighted by Crippen LogP contribution is -2.35. The minimum atomic E-state index is -4.12. The second-order valence-electron chi connectivity index (χ2n) is 11.8. The molecule has 2 heterocycles. The number of nitrogens with zero attached hydrogens (tertiary/aromatic N) is 3. The number of nitro groups is 1. The highest BCUT2D eigenvalue weighted by Crippen LogP contribution is 2.32. The number of fused-ring (bicyclic) bond motifs is 1. The van der Waals surface area contributed by atoms with Gasteiger partial charge in [-0.05, 0) is 79.3 Å². The largest absolute Gasteiger partial charge is 0.379 e. The van der Waals surface area contributed by atoms with Gasteiger partial charge in [0.05, 0.1) is 15.3 Å². The van der Waals surface area contributed by atoms with Crippen molar-refractivity contribution in [3.63, 3.8) is 0 Å². The summed E-state index contributed by atoms with van der Waals surface area (Å²) >= 11 is 1.62. The fourth-order valence-electron chi connectivity index (χ4n) is 6.01. The van der Waals surface area contributed by atoms with Gasteiger partial charge in [0.2, 0.25) is 5.91 Å². The lowest BCUT2D eigenvalue weighted by atomic mass is 9.96. The lowest BCUT2D eigenvalue weighted by molar-refractivity contribution is -0.384. The van der Waals surface area contributed by atoms with E-state index in [0.717, 1.165) is 64.5 Å². The number of nitro benzene ring substituents is 1. The number of nitrogens with one attached hydrogen (secondary N) is 2. The predicted molar refractivity (Wildman–Crippen MR) is 195 cm³/mol. The van der Waals surface area contributed by atoms with E-state index in [2.05, 4.69) is 15.0 Å². The molecule has 1 aromatic heterocycles. The van der Waals surface area contributed by atoms with Crippen LogP contribution in [0.1, 0.15) is 31.2 Å². The van der Waals surface area contributed by atoms with E-state index in [9.17, 15) is 23.3 Å². The summed E-state index contributed by atoms with van der Waals surface area (Å²) in [5, 5.41) is 15.9. The number of benzene rings is 4. The number of sulfonamides is 1. The SMILES string of the molecule is O=C(CCc1ccc(-c2ccc(NS(=O)(=O)c3ccc(NCCSc4ccccc4)c([N+](=O)[O-])c3)cc2)c2ncccc12)N1CCCCC1. The van der Waals surface area contributed by atoms with E-state index in [-0.39, 0.29) is 22.2 Å². The number of rotatable bonds is 13. The summed E-state index contributed by atoms with van der Waals surface area (Å²) in [5.41, 5.74) is 3.85. The maximum atomic E-state index is 13.3. The van der Waals surface area contributed by atoms with Gasteiger partial charge in [0.1, 0.15) is 5.69 Å². The molecule has 49 heavy (non-hydrogen) atoms. The number of thioether (sulfide) groups is 1. The predicted octanol–water partition coefficient (Wildman–Crippen LogP) is 7.76. The number of piperidine rings is 1. The first-order valence-electron chi connectivity index (χ1n) is 16.3. The summed E-state index contributed by atoms with van der Waals surface area (Å²) in [6.07, 6.45) is 6.13. The molecule has 10 nitrogen and oxygen atoms in total. The molecule has 0 atom stereocenters. The lowest BCUT2D eigenvalue weighted by Gasteiger charge is -2.26. The van der Waals surface area contributed by atoms with Gasteiger partial charge in [-0.15, -0.1) is 11.8 Å². The zero-order valence-electron chi connectivity index (χ0n) is 26.9. The molecule has 4 aromatic carbocycles. The van der Waals surface area contributed by atoms with Gasteiger partial charge < -0.3 is 10.2 Å². The number of aryl methyl sites for hydroxylation is 1. The molecule has 1 saturated heterocycles. The van der Waals surface area contributed by atoms with Gasteiger partial charge in [0, 0.05) is 65.6 Å². The zero-order valence-corrected chi connectivity index (χ0v) is 28.5. The summed E-state index contributed by atoms with van der Waals surface area (Å²) in [6, 6.07) is 28.5. The summed E-state index contributed by atoms with van der Waals surface area (Å²) in [4.78, 5) is 31.6. The van der Waals surface area contributed by atoms with Gasteiger partial charge in [0.15, 0.2) is 0 Å². The Morgan fingerprint density at radius 3 is 2.45 bits per heavy atom. The summed E-state index contributed by atoms with van der Waals surface area (Å²) in [7, 11) is -4.12. The third-order valence-corrected chi connectivity index (χ3v) is 10.9. The number of likely N-dealkylation sites (tertiary alicyclic amines) is 1. The molecular formula is C37H37N5O5S2. The fourth-order valence-corrected chi connectivity index (χ4v) is 7.88. The van der Waals surface area contributed by atoms with Crippen LogP contribution in [0.25, 0.3) is 22.0 Å². The average Bonchev–Trinajstić information content (AvgIpc) is 3.13. The Morgan fingerprint density at radius 2 is 1.69 bits per heavy atom. The first kappa shape index (κ1) is 33.9. The molecule has 0 radical (unpaired) electrons. The number of hydrogen-bond acceptors (Lipinski definition) is 8. The molecule has 6 rings (SSSR count). The molecule has 2 N–H and O–H groups in total. The van der Waals surface area contributed by atoms with Crippen molar-refractivity contribution >= 4 is 55.7 Å². The van der Waals surface area contributed by atoms with E-state index in [4.69, 9.17) is 0 Å². The van der Waals surface area contributed by atoms with Crippen LogP contribution in [-0.2, 0) is 21.2 Å². The van der Waals surface area contributed by atoms with Crippen molar-refractivity contribution in [3.05, 3.63) is 119 Å². The molecule has 0 saturated carbocycles. The number of carbonyl (C=O) groups excluding carboxylic acids is 1. The van der Waals surface area contributed by atoms with Crippen LogP contribution in [-0.4, -0.2) is 54.5 Å². The normalized spacial score (nSPS) is 13.3. The van der Waals surface area contributed by atoms with Gasteiger partial charge in [-0.2, -0.15) is 0 Å². The van der Waals surface area contributed by atoms with Crippen molar-refractivity contribution in [3.8, 4) is 11.1 Å². The van der Waals surface area contributed by atoms with E-state index in [1.807, 2.05) is 71.6 Å². The molecule has 1 aliphatic rings. The molecule has 0 unspecified atom stereocenters. The molecule has 5 aromatic rings. The van der Waals surface area contributed by atoms with Crippen molar-refractivity contribution in [2.45, 2.75) is 41.9 Å². The maximum absolute atomic E-state index is 13.3. The Hall–Kier alpha value is -4.94. The molecule has 0 spiro atoms. The second kappa shape index (κ2) is 15.5. The minimum absolute atomic E-state index is 0.190. The number of aromatic nitrogens is 1. The highest BCUT2D eigenvalue weighted by Gasteiger charge is 2.22. The first-order chi connectivity index (χ1) is 23.8. The van der Waals surface area contributed by atoms with Crippen LogP contribution in [0.3, 0.4) is 0 Å². The van der Waals surface area contributed by atoms with Gasteiger partial charge >= 0.3 is 0 Å². The molecule has 0 aliphatic carbocycles. The molecule has 1 amide bonds. The van der Waals surface area contributed by atoms with E-state index < -0.39 is 14.9 Å². The van der Waals surface area contributed by atoms with E-state index in [1.54, 1.807) is 30.1 Å². The summed E-state index contributed by atoms with van der Waals surface area (Å²) in [5.74, 6) is 0.865. The zero-order chi connectivity index (χ0) is 34.2. The Morgan fingerprint density at radius 1 is 0.918 bits per heavy atom. The molecule has 252 valence electrons. The molecule has 1 fully saturated rings. The highest BCUT2D eigenvalue weighted by molar-refractivity contribution is 7.99. The van der Waals surface area contributed by atoms with Crippen LogP contribution in [0, 0.1) is 10.1 Å². The standard InChI is InChI=1S/C37H37N5O5S2/c43-36(41-23-5-2-6-24-41)20-14-28-13-18-33(37-32(28)10-7-21-39-37)27-11-15-29(16-12-27)40-49(46,47)31-17-19-34(35(26-31)42(44)45)38-22-25-48-30-8-3-1-4-9-30/h1,3-4,7-13,15-19,21,26,38,40H,2,5-6,14,20,22-25H2. The molecule has 1 aliphatic heterocycles.